The van der Waals surface area contributed by atoms with E-state index < -0.39 is 30.3 Å². The first-order chi connectivity index (χ1) is 17.2. The van der Waals surface area contributed by atoms with E-state index in [0.717, 1.165) is 6.26 Å². The minimum absolute atomic E-state index is 0.0137. The second kappa shape index (κ2) is 11.3. The van der Waals surface area contributed by atoms with Gasteiger partial charge in [-0.2, -0.15) is 31.8 Å². The molecule has 1 heterocycles. The van der Waals surface area contributed by atoms with Gasteiger partial charge in [0.1, 0.15) is 0 Å². The lowest BCUT2D eigenvalue weighted by molar-refractivity contribution is 0.481. The Morgan fingerprint density at radius 1 is 0.703 bits per heavy atom. The molecule has 0 atom stereocenters. The fourth-order valence-corrected chi connectivity index (χ4v) is 4.34. The zero-order valence-electron chi connectivity index (χ0n) is 19.2. The molecular formula is C19H23N7O8S3. The quantitative estimate of drug-likeness (QED) is 0.132. The largest absolute Gasteiger partial charge is 0.354 e. The van der Waals surface area contributed by atoms with E-state index in [0.29, 0.717) is 12.1 Å². The number of sulfonamides is 1. The topological polar surface area (TPSA) is 230 Å². The van der Waals surface area contributed by atoms with Crippen molar-refractivity contribution in [3.63, 3.8) is 0 Å². The minimum atomic E-state index is -4.44. The Kier molecular flexibility index (Phi) is 8.61. The number of anilines is 5. The van der Waals surface area contributed by atoms with Gasteiger partial charge in [-0.05, 0) is 48.9 Å². The van der Waals surface area contributed by atoms with Gasteiger partial charge in [0.2, 0.25) is 27.9 Å². The van der Waals surface area contributed by atoms with Gasteiger partial charge in [-0.3, -0.25) is 9.11 Å². The third-order valence-electron chi connectivity index (χ3n) is 4.43. The fourth-order valence-electron chi connectivity index (χ4n) is 2.82. The lowest BCUT2D eigenvalue weighted by Crippen LogP contribution is -2.24. The SMILES string of the molecule is CS(=O)(=O)NCCCNc1nc(Nc2ccc(S(=O)(=O)O)cc2)nc(Nc2cccc(S(=O)(=O)O)c2)n1. The summed E-state index contributed by atoms with van der Waals surface area (Å²) in [6, 6.07) is 10.4. The molecule has 0 aliphatic carbocycles. The van der Waals surface area contributed by atoms with Crippen molar-refractivity contribution < 1.29 is 34.4 Å². The molecular weight excluding hydrogens is 550 g/mol. The highest BCUT2D eigenvalue weighted by Gasteiger charge is 2.13. The molecule has 15 nitrogen and oxygen atoms in total. The maximum atomic E-state index is 11.4. The monoisotopic (exact) mass is 573 g/mol. The summed E-state index contributed by atoms with van der Waals surface area (Å²) in [5, 5.41) is 8.59. The minimum Gasteiger partial charge on any atom is -0.354 e. The summed E-state index contributed by atoms with van der Waals surface area (Å²) < 4.78 is 88.5. The molecule has 3 aromatic rings. The molecule has 1 aromatic heterocycles. The number of hydrogen-bond acceptors (Lipinski definition) is 12. The van der Waals surface area contributed by atoms with E-state index in [1.54, 1.807) is 0 Å². The number of nitrogens with one attached hydrogen (secondary N) is 4. The first kappa shape index (κ1) is 28.2. The van der Waals surface area contributed by atoms with E-state index in [1.165, 1.54) is 48.5 Å². The molecule has 18 heteroatoms. The van der Waals surface area contributed by atoms with Crippen molar-refractivity contribution in [3.8, 4) is 0 Å². The highest BCUT2D eigenvalue weighted by molar-refractivity contribution is 7.88. The van der Waals surface area contributed by atoms with Crippen molar-refractivity contribution in [2.75, 3.05) is 35.3 Å². The first-order valence-corrected chi connectivity index (χ1v) is 15.1. The molecule has 0 aliphatic heterocycles. The summed E-state index contributed by atoms with van der Waals surface area (Å²) in [6.45, 7) is 0.461. The van der Waals surface area contributed by atoms with Gasteiger partial charge >= 0.3 is 0 Å². The Balaban J connectivity index is 1.84. The van der Waals surface area contributed by atoms with Crippen LogP contribution in [0.3, 0.4) is 0 Å². The van der Waals surface area contributed by atoms with E-state index in [-0.39, 0.29) is 46.4 Å². The molecule has 0 saturated carbocycles. The molecule has 2 aromatic carbocycles. The van der Waals surface area contributed by atoms with Crippen LogP contribution >= 0.6 is 0 Å². The molecule has 0 unspecified atom stereocenters. The van der Waals surface area contributed by atoms with Gasteiger partial charge in [-0.15, -0.1) is 0 Å². The molecule has 3 rings (SSSR count). The molecule has 0 fully saturated rings. The van der Waals surface area contributed by atoms with Crippen molar-refractivity contribution in [3.05, 3.63) is 48.5 Å². The van der Waals surface area contributed by atoms with Crippen molar-refractivity contribution in [2.24, 2.45) is 0 Å². The van der Waals surface area contributed by atoms with E-state index in [9.17, 15) is 29.8 Å². The maximum Gasteiger partial charge on any atom is 0.294 e. The van der Waals surface area contributed by atoms with E-state index >= 15 is 0 Å². The third-order valence-corrected chi connectivity index (χ3v) is 6.88. The summed E-state index contributed by atoms with van der Waals surface area (Å²) in [7, 11) is -12.1. The number of rotatable bonds is 12. The Morgan fingerprint density at radius 2 is 1.27 bits per heavy atom. The van der Waals surface area contributed by atoms with Crippen molar-refractivity contribution in [1.29, 1.82) is 0 Å². The van der Waals surface area contributed by atoms with Crippen LogP contribution in [0.5, 0.6) is 0 Å². The summed E-state index contributed by atoms with van der Waals surface area (Å²) >= 11 is 0. The van der Waals surface area contributed by atoms with Crippen molar-refractivity contribution in [2.45, 2.75) is 16.2 Å². The Labute approximate surface area is 213 Å². The summed E-state index contributed by atoms with van der Waals surface area (Å²) in [6.07, 6.45) is 1.44. The Morgan fingerprint density at radius 3 is 1.84 bits per heavy atom. The van der Waals surface area contributed by atoms with Gasteiger partial charge in [0, 0.05) is 24.5 Å². The fraction of sp³-hybridized carbons (Fsp3) is 0.211. The molecule has 6 N–H and O–H groups in total. The zero-order chi connectivity index (χ0) is 27.3. The van der Waals surface area contributed by atoms with Gasteiger partial charge in [0.25, 0.3) is 20.2 Å². The highest BCUT2D eigenvalue weighted by Crippen LogP contribution is 2.22. The number of hydrogen-bond donors (Lipinski definition) is 6. The van der Waals surface area contributed by atoms with Crippen LogP contribution in [-0.2, 0) is 30.3 Å². The predicted molar refractivity (Wildman–Crippen MR) is 135 cm³/mol. The highest BCUT2D eigenvalue weighted by atomic mass is 32.2. The van der Waals surface area contributed by atoms with Gasteiger partial charge in [-0.1, -0.05) is 6.07 Å². The Hall–Kier alpha value is -3.42. The first-order valence-electron chi connectivity index (χ1n) is 10.3. The van der Waals surface area contributed by atoms with Crippen LogP contribution in [0.15, 0.2) is 58.3 Å². The normalized spacial score (nSPS) is 12.2. The average Bonchev–Trinajstić information content (AvgIpc) is 2.77. The summed E-state index contributed by atoms with van der Waals surface area (Å²) in [5.74, 6) is 0.0796. The lowest BCUT2D eigenvalue weighted by Gasteiger charge is -2.12. The van der Waals surface area contributed by atoms with Crippen molar-refractivity contribution >= 4 is 59.5 Å². The van der Waals surface area contributed by atoms with Gasteiger partial charge < -0.3 is 16.0 Å². The summed E-state index contributed by atoms with van der Waals surface area (Å²) in [4.78, 5) is 12.0. The molecule has 0 saturated heterocycles. The van der Waals surface area contributed by atoms with Crippen LogP contribution < -0.4 is 20.7 Å². The maximum absolute atomic E-state index is 11.4. The van der Waals surface area contributed by atoms with Crippen LogP contribution in [0, 0.1) is 0 Å². The molecule has 0 radical (unpaired) electrons. The van der Waals surface area contributed by atoms with Gasteiger partial charge in [0.05, 0.1) is 16.0 Å². The number of benzene rings is 2. The molecule has 37 heavy (non-hydrogen) atoms. The van der Waals surface area contributed by atoms with Crippen LogP contribution in [0.2, 0.25) is 0 Å². The zero-order valence-corrected chi connectivity index (χ0v) is 21.6. The smallest absolute Gasteiger partial charge is 0.294 e. The van der Waals surface area contributed by atoms with Gasteiger partial charge in [0.15, 0.2) is 0 Å². The van der Waals surface area contributed by atoms with E-state index in [4.69, 9.17) is 4.55 Å². The lowest BCUT2D eigenvalue weighted by atomic mass is 10.3. The molecule has 0 aliphatic rings. The van der Waals surface area contributed by atoms with E-state index in [1.807, 2.05) is 0 Å². The van der Waals surface area contributed by atoms with Crippen molar-refractivity contribution in [1.82, 2.24) is 19.7 Å². The average molecular weight is 574 g/mol. The van der Waals surface area contributed by atoms with Gasteiger partial charge in [-0.25, -0.2) is 13.1 Å². The standard InChI is InChI=1S/C19H23N7O8S3/c1-35(27,28)21-11-3-10-20-17-24-18(22-13-6-8-15(9-7-13)36(29,30)31)26-19(25-17)23-14-4-2-5-16(12-14)37(32,33)34/h2,4-9,12,21H,3,10-11H2,1H3,(H,29,30,31)(H,32,33,34)(H3,20,22,23,24,25,26). The second-order valence-electron chi connectivity index (χ2n) is 7.51. The van der Waals surface area contributed by atoms with Crippen LogP contribution in [0.4, 0.5) is 29.2 Å². The summed E-state index contributed by atoms with van der Waals surface area (Å²) in [5.41, 5.74) is 0.620. The van der Waals surface area contributed by atoms with Crippen LogP contribution in [-0.4, -0.2) is 68.7 Å². The molecule has 200 valence electrons. The molecule has 0 bridgehead atoms. The van der Waals surface area contributed by atoms with Crippen LogP contribution in [0.25, 0.3) is 0 Å². The Bertz CT molecular complexity index is 1580. The predicted octanol–water partition coefficient (Wildman–Crippen LogP) is 1.20. The third kappa shape index (κ3) is 9.19. The van der Waals surface area contributed by atoms with Crippen LogP contribution in [0.1, 0.15) is 6.42 Å². The molecule has 0 amide bonds. The number of aromatic nitrogens is 3. The second-order valence-corrected chi connectivity index (χ2v) is 12.2. The number of nitrogens with zero attached hydrogens (tertiary/aromatic N) is 3. The van der Waals surface area contributed by atoms with E-state index in [2.05, 4.69) is 35.6 Å². The molecule has 0 spiro atoms.